The third-order valence-corrected chi connectivity index (χ3v) is 8.91. The first kappa shape index (κ1) is 18.2. The Hall–Kier alpha value is -0.843. The normalized spacial score (nSPS) is 13.5. The highest BCUT2D eigenvalue weighted by molar-refractivity contribution is 6.74. The minimum Gasteiger partial charge on any atom is -0.508 e. The lowest BCUT2D eigenvalue weighted by Crippen LogP contribution is -2.41. The van der Waals surface area contributed by atoms with Gasteiger partial charge in [-0.25, -0.2) is 0 Å². The van der Waals surface area contributed by atoms with E-state index in [0.717, 1.165) is 5.56 Å². The van der Waals surface area contributed by atoms with Crippen molar-refractivity contribution in [1.82, 2.24) is 0 Å². The zero-order valence-electron chi connectivity index (χ0n) is 14.5. The van der Waals surface area contributed by atoms with E-state index in [1.165, 1.54) is 0 Å². The van der Waals surface area contributed by atoms with Gasteiger partial charge in [0, 0.05) is 5.56 Å². The van der Waals surface area contributed by atoms with Crippen LogP contribution in [0.5, 0.6) is 5.75 Å². The Morgan fingerprint density at radius 3 is 2.10 bits per heavy atom. The smallest absolute Gasteiger partial charge is 0.192 e. The molecule has 0 saturated carbocycles. The van der Waals surface area contributed by atoms with E-state index in [9.17, 15) is 5.11 Å². The summed E-state index contributed by atoms with van der Waals surface area (Å²) in [4.78, 5) is 0. The van der Waals surface area contributed by atoms with Crippen LogP contribution in [-0.4, -0.2) is 26.6 Å². The van der Waals surface area contributed by atoms with Crippen molar-refractivity contribution < 1.29 is 14.3 Å². The third kappa shape index (κ3) is 4.83. The summed E-state index contributed by atoms with van der Waals surface area (Å²) in [5.74, 6) is 0.271. The van der Waals surface area contributed by atoms with Crippen LogP contribution in [0.25, 0.3) is 0 Å². The number of aromatic hydroxyl groups is 1. The Labute approximate surface area is 130 Å². The van der Waals surface area contributed by atoms with Crippen molar-refractivity contribution in [2.75, 3.05) is 13.2 Å². The van der Waals surface area contributed by atoms with Gasteiger partial charge in [0.2, 0.25) is 0 Å². The van der Waals surface area contributed by atoms with E-state index in [-0.39, 0.29) is 10.8 Å². The standard InChI is InChI=1S/C17H30O3Si/c1-16(2,3)21(6,7)20-13-12-19-17(4,5)14-10-8-9-11-15(14)18/h8-11,18H,12-13H2,1-7H3. The Kier molecular flexibility index (Phi) is 5.64. The molecule has 0 heterocycles. The second kappa shape index (κ2) is 6.51. The van der Waals surface area contributed by atoms with Crippen LogP contribution in [0.2, 0.25) is 18.1 Å². The maximum atomic E-state index is 9.93. The van der Waals surface area contributed by atoms with Gasteiger partial charge >= 0.3 is 0 Å². The Morgan fingerprint density at radius 2 is 1.57 bits per heavy atom. The number of hydrogen-bond donors (Lipinski definition) is 1. The van der Waals surface area contributed by atoms with Gasteiger partial charge in [0.15, 0.2) is 8.32 Å². The maximum Gasteiger partial charge on any atom is 0.192 e. The molecular weight excluding hydrogens is 280 g/mol. The quantitative estimate of drug-likeness (QED) is 0.613. The van der Waals surface area contributed by atoms with E-state index in [4.69, 9.17) is 9.16 Å². The molecule has 0 aromatic heterocycles. The van der Waals surface area contributed by atoms with Gasteiger partial charge in [-0.15, -0.1) is 0 Å². The molecule has 0 unspecified atom stereocenters. The van der Waals surface area contributed by atoms with Gasteiger partial charge in [-0.2, -0.15) is 0 Å². The summed E-state index contributed by atoms with van der Waals surface area (Å²) in [6.45, 7) is 16.2. The van der Waals surface area contributed by atoms with Crippen LogP contribution >= 0.6 is 0 Å². The molecule has 1 aromatic carbocycles. The molecule has 0 radical (unpaired) electrons. The van der Waals surface area contributed by atoms with Crippen LogP contribution in [0.3, 0.4) is 0 Å². The molecular formula is C17H30O3Si. The lowest BCUT2D eigenvalue weighted by atomic mass is 9.97. The van der Waals surface area contributed by atoms with Gasteiger partial charge in [-0.05, 0) is 38.0 Å². The molecule has 0 aliphatic heterocycles. The predicted molar refractivity (Wildman–Crippen MR) is 90.2 cm³/mol. The van der Waals surface area contributed by atoms with Crippen molar-refractivity contribution in [2.45, 2.75) is 58.4 Å². The van der Waals surface area contributed by atoms with Crippen molar-refractivity contribution in [3.63, 3.8) is 0 Å². The van der Waals surface area contributed by atoms with E-state index in [1.807, 2.05) is 32.0 Å². The van der Waals surface area contributed by atoms with Crippen LogP contribution in [0, 0.1) is 0 Å². The number of hydrogen-bond acceptors (Lipinski definition) is 3. The van der Waals surface area contributed by atoms with Gasteiger partial charge in [0.25, 0.3) is 0 Å². The topological polar surface area (TPSA) is 38.7 Å². The van der Waals surface area contributed by atoms with Gasteiger partial charge in [0.1, 0.15) is 5.75 Å². The summed E-state index contributed by atoms with van der Waals surface area (Å²) < 4.78 is 12.0. The second-order valence-electron chi connectivity index (χ2n) is 7.48. The lowest BCUT2D eigenvalue weighted by molar-refractivity contribution is -0.0364. The first-order chi connectivity index (χ1) is 9.47. The SMILES string of the molecule is CC(C)(OCCO[Si](C)(C)C(C)(C)C)c1ccccc1O. The number of ether oxygens (including phenoxy) is 1. The van der Waals surface area contributed by atoms with E-state index in [1.54, 1.807) is 6.07 Å². The molecule has 0 bridgehead atoms. The number of benzene rings is 1. The zero-order chi connectivity index (χ0) is 16.3. The molecule has 0 fully saturated rings. The lowest BCUT2D eigenvalue weighted by Gasteiger charge is -2.36. The van der Waals surface area contributed by atoms with Crippen molar-refractivity contribution in [1.29, 1.82) is 0 Å². The number of phenolic OH excluding ortho intramolecular Hbond substituents is 1. The van der Waals surface area contributed by atoms with E-state index in [0.29, 0.717) is 13.2 Å². The summed E-state index contributed by atoms with van der Waals surface area (Å²) in [5.41, 5.74) is 0.277. The van der Waals surface area contributed by atoms with Crippen LogP contribution in [0.4, 0.5) is 0 Å². The number of para-hydroxylation sites is 1. The van der Waals surface area contributed by atoms with Gasteiger partial charge in [0.05, 0.1) is 18.8 Å². The molecule has 1 rings (SSSR count). The highest BCUT2D eigenvalue weighted by Crippen LogP contribution is 2.36. The first-order valence-corrected chi connectivity index (χ1v) is 10.4. The van der Waals surface area contributed by atoms with Gasteiger partial charge in [-0.1, -0.05) is 39.0 Å². The minimum absolute atomic E-state index is 0.209. The zero-order valence-corrected chi connectivity index (χ0v) is 15.5. The van der Waals surface area contributed by atoms with Crippen molar-refractivity contribution in [2.24, 2.45) is 0 Å². The van der Waals surface area contributed by atoms with Gasteiger partial charge in [-0.3, -0.25) is 0 Å². The molecule has 1 aromatic rings. The summed E-state index contributed by atoms with van der Waals surface area (Å²) in [6.07, 6.45) is 0. The van der Waals surface area contributed by atoms with Gasteiger partial charge < -0.3 is 14.3 Å². The van der Waals surface area contributed by atoms with Crippen LogP contribution in [-0.2, 0) is 14.8 Å². The Morgan fingerprint density at radius 1 is 1.00 bits per heavy atom. The third-order valence-electron chi connectivity index (χ3n) is 4.37. The highest BCUT2D eigenvalue weighted by atomic mass is 28.4. The average Bonchev–Trinajstić information content (AvgIpc) is 2.33. The second-order valence-corrected chi connectivity index (χ2v) is 12.3. The van der Waals surface area contributed by atoms with Crippen LogP contribution < -0.4 is 0 Å². The Balaban J connectivity index is 2.55. The molecule has 0 spiro atoms. The van der Waals surface area contributed by atoms with E-state index >= 15 is 0 Å². The van der Waals surface area contributed by atoms with Crippen molar-refractivity contribution in [3.05, 3.63) is 29.8 Å². The monoisotopic (exact) mass is 310 g/mol. The molecule has 0 aliphatic carbocycles. The highest BCUT2D eigenvalue weighted by Gasteiger charge is 2.37. The molecule has 3 nitrogen and oxygen atoms in total. The molecule has 0 amide bonds. The fourth-order valence-electron chi connectivity index (χ4n) is 1.87. The molecule has 4 heteroatoms. The molecule has 120 valence electrons. The van der Waals surface area contributed by atoms with Crippen LogP contribution in [0.1, 0.15) is 40.2 Å². The molecule has 0 saturated heterocycles. The van der Waals surface area contributed by atoms with E-state index < -0.39 is 13.9 Å². The van der Waals surface area contributed by atoms with Crippen molar-refractivity contribution >= 4 is 8.32 Å². The largest absolute Gasteiger partial charge is 0.508 e. The minimum atomic E-state index is -1.72. The summed E-state index contributed by atoms with van der Waals surface area (Å²) in [5, 5.41) is 10.1. The fourth-order valence-corrected chi connectivity index (χ4v) is 2.90. The van der Waals surface area contributed by atoms with Crippen molar-refractivity contribution in [3.8, 4) is 5.75 Å². The molecule has 0 atom stereocenters. The summed E-state index contributed by atoms with van der Waals surface area (Å²) in [7, 11) is -1.72. The first-order valence-electron chi connectivity index (χ1n) is 7.54. The molecule has 0 aliphatic rings. The van der Waals surface area contributed by atoms with E-state index in [2.05, 4.69) is 33.9 Å². The summed E-state index contributed by atoms with van der Waals surface area (Å²) >= 11 is 0. The number of rotatable bonds is 6. The maximum absolute atomic E-state index is 9.93. The fraction of sp³-hybridized carbons (Fsp3) is 0.647. The predicted octanol–water partition coefficient (Wildman–Crippen LogP) is 4.67. The molecule has 21 heavy (non-hydrogen) atoms. The Bertz CT molecular complexity index is 461. The number of phenols is 1. The molecule has 1 N–H and O–H groups in total. The van der Waals surface area contributed by atoms with Crippen LogP contribution in [0.15, 0.2) is 24.3 Å². The average molecular weight is 311 g/mol. The summed E-state index contributed by atoms with van der Waals surface area (Å²) in [6, 6.07) is 7.30.